The fraction of sp³-hybridized carbons (Fsp3) is 0. The lowest BCUT2D eigenvalue weighted by molar-refractivity contribution is 0.262. The minimum Gasteiger partial charge on any atom is -0.423 e. The summed E-state index contributed by atoms with van der Waals surface area (Å²) in [5.41, 5.74) is 1.06. The van der Waals surface area contributed by atoms with Gasteiger partial charge in [-0.2, -0.15) is 0 Å². The Morgan fingerprint density at radius 2 is 1.57 bits per heavy atom. The van der Waals surface area contributed by atoms with Gasteiger partial charge < -0.3 is 15.1 Å². The summed E-state index contributed by atoms with van der Waals surface area (Å²) in [4.78, 5) is 23.1. The molecule has 0 aliphatic heterocycles. The topological polar surface area (TPSA) is 71.3 Å². The molecule has 3 aromatic rings. The Kier molecular flexibility index (Phi) is 4.23. The van der Waals surface area contributed by atoms with Crippen molar-refractivity contribution in [2.75, 3.05) is 10.6 Å². The number of urea groups is 1. The molecule has 1 heterocycles. The first-order valence-corrected chi connectivity index (χ1v) is 7.33. The second-order valence-electron chi connectivity index (χ2n) is 4.74. The molecule has 0 unspecified atom stereocenters. The number of hydrogen-bond donors (Lipinski definition) is 2. The summed E-state index contributed by atoms with van der Waals surface area (Å²) < 4.78 is 5.03. The average molecular weight is 349 g/mol. The van der Waals surface area contributed by atoms with E-state index >= 15 is 0 Å². The maximum absolute atomic E-state index is 12.0. The second kappa shape index (κ2) is 6.32. The van der Waals surface area contributed by atoms with Gasteiger partial charge >= 0.3 is 11.7 Å². The van der Waals surface area contributed by atoms with Crippen molar-refractivity contribution in [3.05, 3.63) is 69.0 Å². The van der Waals surface area contributed by atoms with Crippen molar-refractivity contribution >= 4 is 51.6 Å². The van der Waals surface area contributed by atoms with Gasteiger partial charge in [-0.1, -0.05) is 23.2 Å². The summed E-state index contributed by atoms with van der Waals surface area (Å²) >= 11 is 11.8. The first kappa shape index (κ1) is 15.4. The van der Waals surface area contributed by atoms with E-state index in [0.717, 1.165) is 0 Å². The molecule has 7 heteroatoms. The van der Waals surface area contributed by atoms with Crippen molar-refractivity contribution in [1.29, 1.82) is 0 Å². The molecule has 0 fully saturated rings. The highest BCUT2D eigenvalue weighted by molar-refractivity contribution is 6.35. The van der Waals surface area contributed by atoms with Crippen molar-refractivity contribution < 1.29 is 9.21 Å². The summed E-state index contributed by atoms with van der Waals surface area (Å²) in [6, 6.07) is 12.2. The zero-order chi connectivity index (χ0) is 16.4. The van der Waals surface area contributed by atoms with Crippen molar-refractivity contribution in [3.63, 3.8) is 0 Å². The van der Waals surface area contributed by atoms with E-state index in [0.29, 0.717) is 32.4 Å². The van der Waals surface area contributed by atoms with E-state index in [-0.39, 0.29) is 0 Å². The van der Waals surface area contributed by atoms with E-state index in [4.69, 9.17) is 27.6 Å². The minimum absolute atomic E-state index is 0.422. The van der Waals surface area contributed by atoms with Crippen molar-refractivity contribution in [2.24, 2.45) is 0 Å². The molecular formula is C16H10Cl2N2O3. The van der Waals surface area contributed by atoms with E-state index in [1.54, 1.807) is 42.5 Å². The van der Waals surface area contributed by atoms with Crippen molar-refractivity contribution in [1.82, 2.24) is 0 Å². The van der Waals surface area contributed by atoms with Crippen LogP contribution in [0.4, 0.5) is 16.2 Å². The largest absolute Gasteiger partial charge is 0.423 e. The number of nitrogens with one attached hydrogen (secondary N) is 2. The standard InChI is InChI=1S/C16H10Cl2N2O3/c17-10-6-11(18)8-13(7-10)20-16(22)19-12-2-3-14-9(5-12)1-4-15(21)23-14/h1-8H,(H2,19,20,22). The third-order valence-electron chi connectivity index (χ3n) is 3.00. The molecule has 0 radical (unpaired) electrons. The minimum atomic E-state index is -0.444. The van der Waals surface area contributed by atoms with Crippen LogP contribution in [-0.2, 0) is 0 Å². The quantitative estimate of drug-likeness (QED) is 0.656. The zero-order valence-corrected chi connectivity index (χ0v) is 13.1. The molecule has 3 rings (SSSR count). The molecule has 5 nitrogen and oxygen atoms in total. The number of carbonyl (C=O) groups excluding carboxylic acids is 1. The molecule has 2 amide bonds. The molecule has 0 aliphatic carbocycles. The molecule has 2 N–H and O–H groups in total. The molecule has 2 aromatic carbocycles. The summed E-state index contributed by atoms with van der Waals surface area (Å²) in [7, 11) is 0. The molecule has 0 spiro atoms. The van der Waals surface area contributed by atoms with E-state index in [1.807, 2.05) is 0 Å². The van der Waals surface area contributed by atoms with Crippen LogP contribution < -0.4 is 16.3 Å². The molecule has 0 saturated carbocycles. The Morgan fingerprint density at radius 3 is 2.30 bits per heavy atom. The van der Waals surface area contributed by atoms with Crippen LogP contribution in [0.1, 0.15) is 0 Å². The molecule has 23 heavy (non-hydrogen) atoms. The van der Waals surface area contributed by atoms with Gasteiger partial charge in [-0.25, -0.2) is 9.59 Å². The summed E-state index contributed by atoms with van der Waals surface area (Å²) in [6.07, 6.45) is 0. The summed E-state index contributed by atoms with van der Waals surface area (Å²) in [5, 5.41) is 6.87. The fourth-order valence-electron chi connectivity index (χ4n) is 2.07. The third kappa shape index (κ3) is 3.83. The Balaban J connectivity index is 1.77. The highest BCUT2D eigenvalue weighted by Gasteiger charge is 2.06. The molecular weight excluding hydrogens is 339 g/mol. The highest BCUT2D eigenvalue weighted by Crippen LogP contribution is 2.23. The Bertz CT molecular complexity index is 933. The van der Waals surface area contributed by atoms with Crippen molar-refractivity contribution in [2.45, 2.75) is 0 Å². The van der Waals surface area contributed by atoms with Gasteiger partial charge in [0, 0.05) is 32.9 Å². The predicted octanol–water partition coefficient (Wildman–Crippen LogP) is 4.74. The first-order chi connectivity index (χ1) is 11.0. The van der Waals surface area contributed by atoms with Crippen LogP contribution in [0.2, 0.25) is 10.0 Å². The van der Waals surface area contributed by atoms with Gasteiger partial charge in [0.1, 0.15) is 5.58 Å². The van der Waals surface area contributed by atoms with Crippen LogP contribution >= 0.6 is 23.2 Å². The van der Waals surface area contributed by atoms with E-state index in [9.17, 15) is 9.59 Å². The predicted molar refractivity (Wildman–Crippen MR) is 91.6 cm³/mol. The fourth-order valence-corrected chi connectivity index (χ4v) is 2.60. The Morgan fingerprint density at radius 1 is 0.870 bits per heavy atom. The number of halogens is 2. The molecule has 0 atom stereocenters. The van der Waals surface area contributed by atoms with Crippen LogP contribution in [-0.4, -0.2) is 6.03 Å². The van der Waals surface area contributed by atoms with Crippen LogP contribution in [0, 0.1) is 0 Å². The number of rotatable bonds is 2. The van der Waals surface area contributed by atoms with Gasteiger partial charge in [-0.15, -0.1) is 0 Å². The maximum atomic E-state index is 12.0. The van der Waals surface area contributed by atoms with Crippen molar-refractivity contribution in [3.8, 4) is 0 Å². The monoisotopic (exact) mass is 348 g/mol. The van der Waals surface area contributed by atoms with E-state index < -0.39 is 11.7 Å². The lowest BCUT2D eigenvalue weighted by atomic mass is 10.2. The zero-order valence-electron chi connectivity index (χ0n) is 11.6. The van der Waals surface area contributed by atoms with Gasteiger partial charge in [0.15, 0.2) is 0 Å². The molecule has 0 bridgehead atoms. The van der Waals surface area contributed by atoms with Gasteiger partial charge in [-0.05, 0) is 42.5 Å². The Hall–Kier alpha value is -2.50. The average Bonchev–Trinajstić information content (AvgIpc) is 2.46. The Labute approximate surface area is 140 Å². The molecule has 116 valence electrons. The summed E-state index contributed by atoms with van der Waals surface area (Å²) in [5.74, 6) is 0. The van der Waals surface area contributed by atoms with Crippen LogP contribution in [0.3, 0.4) is 0 Å². The van der Waals surface area contributed by atoms with Gasteiger partial charge in [0.25, 0.3) is 0 Å². The van der Waals surface area contributed by atoms with Crippen LogP contribution in [0.5, 0.6) is 0 Å². The summed E-state index contributed by atoms with van der Waals surface area (Å²) in [6.45, 7) is 0. The van der Waals surface area contributed by atoms with Crippen LogP contribution in [0.25, 0.3) is 11.0 Å². The SMILES string of the molecule is O=C(Nc1cc(Cl)cc(Cl)c1)Nc1ccc2oc(=O)ccc2c1. The van der Waals surface area contributed by atoms with Crippen LogP contribution in [0.15, 0.2) is 57.7 Å². The van der Waals surface area contributed by atoms with E-state index in [1.165, 1.54) is 6.07 Å². The number of amides is 2. The number of benzene rings is 2. The number of fused-ring (bicyclic) bond motifs is 1. The normalized spacial score (nSPS) is 10.5. The molecule has 0 saturated heterocycles. The lowest BCUT2D eigenvalue weighted by Crippen LogP contribution is -2.19. The maximum Gasteiger partial charge on any atom is 0.336 e. The molecule has 0 aliphatic rings. The second-order valence-corrected chi connectivity index (χ2v) is 5.62. The van der Waals surface area contributed by atoms with E-state index in [2.05, 4.69) is 10.6 Å². The van der Waals surface area contributed by atoms with Gasteiger partial charge in [0.2, 0.25) is 0 Å². The van der Waals surface area contributed by atoms with Gasteiger partial charge in [0.05, 0.1) is 0 Å². The number of anilines is 2. The number of hydrogen-bond acceptors (Lipinski definition) is 3. The smallest absolute Gasteiger partial charge is 0.336 e. The number of carbonyl (C=O) groups is 1. The highest BCUT2D eigenvalue weighted by atomic mass is 35.5. The first-order valence-electron chi connectivity index (χ1n) is 6.58. The van der Waals surface area contributed by atoms with Gasteiger partial charge in [-0.3, -0.25) is 0 Å². The molecule has 1 aromatic heterocycles. The third-order valence-corrected chi connectivity index (χ3v) is 3.43. The lowest BCUT2D eigenvalue weighted by Gasteiger charge is -2.09.